The van der Waals surface area contributed by atoms with Gasteiger partial charge in [0, 0.05) is 10.8 Å². The molecule has 0 aliphatic heterocycles. The molecule has 222 valence electrons. The van der Waals surface area contributed by atoms with Crippen molar-refractivity contribution < 1.29 is 37.6 Å². The van der Waals surface area contributed by atoms with E-state index in [9.17, 15) is 14.6 Å². The summed E-state index contributed by atoms with van der Waals surface area (Å²) in [5.41, 5.74) is 0. The zero-order chi connectivity index (χ0) is 28.6. The fourth-order valence-electron chi connectivity index (χ4n) is 4.15. The summed E-state index contributed by atoms with van der Waals surface area (Å²) < 4.78 is 34.5. The number of hydrogen-bond acceptors (Lipinski definition) is 6. The molecule has 0 saturated heterocycles. The summed E-state index contributed by atoms with van der Waals surface area (Å²) in [7, 11) is 1.62. The fourth-order valence-corrected chi connectivity index (χ4v) is 4.90. The molecule has 0 bridgehead atoms. The number of quaternary nitrogens is 1. The largest absolute Gasteiger partial charge is 0.493 e. The van der Waals surface area contributed by atoms with Gasteiger partial charge in [0.25, 0.3) is 0 Å². The molecule has 0 aliphatic carbocycles. The summed E-state index contributed by atoms with van der Waals surface area (Å²) in [5, 5.41) is 12.1. The molecule has 2 aromatic carbocycles. The number of aliphatic hydroxyl groups is 1. The molecule has 9 heteroatoms. The van der Waals surface area contributed by atoms with E-state index in [4.69, 9.17) is 18.5 Å². The van der Waals surface area contributed by atoms with Crippen molar-refractivity contribution in [2.75, 3.05) is 54.1 Å². The molecule has 2 N–H and O–H groups in total. The van der Waals surface area contributed by atoms with Gasteiger partial charge in [-0.1, -0.05) is 89.0 Å². The highest BCUT2D eigenvalue weighted by Crippen LogP contribution is 2.43. The predicted octanol–water partition coefficient (Wildman–Crippen LogP) is 6.72. The Bertz CT molecular complexity index is 995. The van der Waals surface area contributed by atoms with E-state index in [1.54, 1.807) is 0 Å². The molecule has 8 nitrogen and oxygen atoms in total. The highest BCUT2D eigenvalue weighted by atomic mass is 31.2. The zero-order valence-electron chi connectivity index (χ0n) is 24.5. The molecule has 0 saturated carbocycles. The van der Waals surface area contributed by atoms with E-state index in [0.29, 0.717) is 23.4 Å². The molecule has 2 unspecified atom stereocenters. The van der Waals surface area contributed by atoms with Crippen LogP contribution >= 0.6 is 7.82 Å². The van der Waals surface area contributed by atoms with Gasteiger partial charge < -0.3 is 24.0 Å². The summed E-state index contributed by atoms with van der Waals surface area (Å²) in [6.07, 6.45) is 11.8. The second kappa shape index (κ2) is 17.9. The van der Waals surface area contributed by atoms with Crippen LogP contribution in [-0.2, 0) is 13.6 Å². The Morgan fingerprint density at radius 1 is 0.744 bits per heavy atom. The molecule has 0 radical (unpaired) electrons. The number of benzene rings is 2. The Hall–Kier alpha value is -1.67. The van der Waals surface area contributed by atoms with Crippen LogP contribution in [0.3, 0.4) is 0 Å². The zero-order valence-corrected chi connectivity index (χ0v) is 25.4. The van der Waals surface area contributed by atoms with Crippen LogP contribution in [0.15, 0.2) is 36.4 Å². The Morgan fingerprint density at radius 3 is 1.85 bits per heavy atom. The Balaban J connectivity index is 1.74. The number of phosphoric ester groups is 1. The first-order valence-electron chi connectivity index (χ1n) is 14.5. The van der Waals surface area contributed by atoms with Crippen LogP contribution in [0.4, 0.5) is 0 Å². The lowest BCUT2D eigenvalue weighted by atomic mass is 10.1. The second-order valence-electron chi connectivity index (χ2n) is 11.2. The fraction of sp³-hybridized carbons (Fsp3) is 0.667. The van der Waals surface area contributed by atoms with Crippen LogP contribution < -0.4 is 9.47 Å². The molecule has 0 amide bonds. The predicted molar refractivity (Wildman–Crippen MR) is 157 cm³/mol. The van der Waals surface area contributed by atoms with Gasteiger partial charge in [-0.3, -0.25) is 9.05 Å². The average molecular weight is 569 g/mol. The lowest BCUT2D eigenvalue weighted by molar-refractivity contribution is -0.870. The maximum Gasteiger partial charge on any atom is 0.472 e. The van der Waals surface area contributed by atoms with Crippen molar-refractivity contribution in [3.63, 3.8) is 0 Å². The van der Waals surface area contributed by atoms with Gasteiger partial charge in [0.05, 0.1) is 34.4 Å². The van der Waals surface area contributed by atoms with Crippen LogP contribution in [0.2, 0.25) is 0 Å². The van der Waals surface area contributed by atoms with E-state index < -0.39 is 13.9 Å². The minimum Gasteiger partial charge on any atom is -0.493 e. The van der Waals surface area contributed by atoms with Gasteiger partial charge in [0.1, 0.15) is 37.4 Å². The van der Waals surface area contributed by atoms with Crippen molar-refractivity contribution in [1.29, 1.82) is 0 Å². The first kappa shape index (κ1) is 33.5. The van der Waals surface area contributed by atoms with Crippen molar-refractivity contribution in [2.45, 2.75) is 77.2 Å². The van der Waals surface area contributed by atoms with Gasteiger partial charge >= 0.3 is 7.82 Å². The van der Waals surface area contributed by atoms with E-state index in [0.717, 1.165) is 22.9 Å². The Kier molecular flexibility index (Phi) is 15.4. The number of ether oxygens (including phenoxy) is 2. The number of nitrogens with zero attached hydrogens (tertiary/aromatic N) is 1. The lowest BCUT2D eigenvalue weighted by Gasteiger charge is -2.24. The Morgan fingerprint density at radius 2 is 1.28 bits per heavy atom. The number of fused-ring (bicyclic) bond motifs is 1. The normalized spacial score (nSPS) is 14.3. The van der Waals surface area contributed by atoms with Crippen LogP contribution in [0.25, 0.3) is 10.8 Å². The standard InChI is InChI=1S/C30H50NO7P/c1-5-6-7-8-9-10-11-12-13-16-22-35-29-19-20-30(28-18-15-14-17-27(28)29)36-24-26(32)25-38-39(33,34)37-23-21-31(2,3)4/h14-15,17-20,26,32H,5-13,16,21-25H2,1-4H3/p+1. The highest BCUT2D eigenvalue weighted by Gasteiger charge is 2.24. The maximum absolute atomic E-state index is 12.0. The van der Waals surface area contributed by atoms with E-state index in [-0.39, 0.29) is 19.8 Å². The average Bonchev–Trinajstić information content (AvgIpc) is 2.89. The van der Waals surface area contributed by atoms with E-state index in [2.05, 4.69) is 6.92 Å². The monoisotopic (exact) mass is 568 g/mol. The van der Waals surface area contributed by atoms with Gasteiger partial charge in [0.2, 0.25) is 0 Å². The minimum absolute atomic E-state index is 0.0729. The molecular weight excluding hydrogens is 517 g/mol. The van der Waals surface area contributed by atoms with Crippen molar-refractivity contribution >= 4 is 18.6 Å². The highest BCUT2D eigenvalue weighted by molar-refractivity contribution is 7.47. The molecule has 2 atom stereocenters. The first-order valence-corrected chi connectivity index (χ1v) is 16.0. The molecular formula is C30H51NO7P+. The molecule has 0 aliphatic rings. The number of unbranched alkanes of at least 4 members (excludes halogenated alkanes) is 9. The van der Waals surface area contributed by atoms with Crippen LogP contribution in [0.1, 0.15) is 71.1 Å². The molecule has 0 spiro atoms. The van der Waals surface area contributed by atoms with Crippen LogP contribution in [-0.4, -0.2) is 74.7 Å². The molecule has 39 heavy (non-hydrogen) atoms. The molecule has 0 fully saturated rings. The van der Waals surface area contributed by atoms with Crippen molar-refractivity contribution in [3.8, 4) is 11.5 Å². The molecule has 2 aromatic rings. The lowest BCUT2D eigenvalue weighted by Crippen LogP contribution is -2.37. The first-order chi connectivity index (χ1) is 18.6. The van der Waals surface area contributed by atoms with Crippen molar-refractivity contribution in [1.82, 2.24) is 0 Å². The summed E-state index contributed by atoms with van der Waals surface area (Å²) in [6, 6.07) is 11.5. The number of hydrogen-bond donors (Lipinski definition) is 2. The third-order valence-electron chi connectivity index (χ3n) is 6.48. The third-order valence-corrected chi connectivity index (χ3v) is 7.46. The van der Waals surface area contributed by atoms with E-state index in [1.807, 2.05) is 57.5 Å². The Labute approximate surface area is 235 Å². The van der Waals surface area contributed by atoms with Gasteiger partial charge in [-0.15, -0.1) is 0 Å². The number of rotatable bonds is 22. The number of likely N-dealkylation sites (N-methyl/N-ethyl adjacent to an activating group) is 1. The number of aliphatic hydroxyl groups excluding tert-OH is 1. The van der Waals surface area contributed by atoms with Crippen molar-refractivity contribution in [2.24, 2.45) is 0 Å². The molecule has 0 aromatic heterocycles. The van der Waals surface area contributed by atoms with Gasteiger partial charge in [-0.05, 0) is 18.6 Å². The third kappa shape index (κ3) is 14.5. The summed E-state index contributed by atoms with van der Waals surface area (Å²) in [6.45, 7) is 3.07. The number of phosphoric acid groups is 1. The summed E-state index contributed by atoms with van der Waals surface area (Å²) >= 11 is 0. The minimum atomic E-state index is -4.24. The topological polar surface area (TPSA) is 94.5 Å². The SMILES string of the molecule is CCCCCCCCCCCCOc1ccc(OCC(O)COP(=O)(O)OCC[N+](C)(C)C)c2ccccc12. The summed E-state index contributed by atoms with van der Waals surface area (Å²) in [4.78, 5) is 9.83. The van der Waals surface area contributed by atoms with E-state index in [1.165, 1.54) is 57.8 Å². The molecule has 2 rings (SSSR count). The summed E-state index contributed by atoms with van der Waals surface area (Å²) in [5.74, 6) is 1.41. The van der Waals surface area contributed by atoms with Crippen molar-refractivity contribution in [3.05, 3.63) is 36.4 Å². The maximum atomic E-state index is 12.0. The second-order valence-corrected chi connectivity index (χ2v) is 12.7. The van der Waals surface area contributed by atoms with Crippen LogP contribution in [0, 0.1) is 0 Å². The van der Waals surface area contributed by atoms with E-state index >= 15 is 0 Å². The van der Waals surface area contributed by atoms with Gasteiger partial charge in [-0.2, -0.15) is 0 Å². The van der Waals surface area contributed by atoms with Gasteiger partial charge in [-0.25, -0.2) is 4.57 Å². The van der Waals surface area contributed by atoms with Gasteiger partial charge in [0.15, 0.2) is 0 Å². The van der Waals surface area contributed by atoms with Crippen LogP contribution in [0.5, 0.6) is 11.5 Å². The quantitative estimate of drug-likeness (QED) is 0.0925. The smallest absolute Gasteiger partial charge is 0.472 e. The molecule has 0 heterocycles.